The standard InChI is InChI=1S/C20H22F3N3O4/c1-11(2)26-17(28)14-4-3-13(9-15(14)18(26)29)16(27)25-7-5-12(6-8-25)10-24-19(30)20(21,22)23/h3-4,9,11-12H,5-8,10H2,1-2H3,(H,24,30). The van der Waals surface area contributed by atoms with Crippen LogP contribution in [-0.2, 0) is 4.79 Å². The molecule has 1 N–H and O–H groups in total. The third kappa shape index (κ3) is 4.17. The number of carbonyl (C=O) groups excluding carboxylic acids is 4. The number of halogens is 3. The van der Waals surface area contributed by atoms with Gasteiger partial charge in [-0.1, -0.05) is 0 Å². The molecule has 1 fully saturated rings. The number of benzene rings is 1. The van der Waals surface area contributed by atoms with Crippen molar-refractivity contribution in [2.24, 2.45) is 5.92 Å². The Bertz CT molecular complexity index is 890. The van der Waals surface area contributed by atoms with Crippen LogP contribution in [0.3, 0.4) is 0 Å². The summed E-state index contributed by atoms with van der Waals surface area (Å²) in [5.74, 6) is -3.24. The van der Waals surface area contributed by atoms with Gasteiger partial charge in [0.15, 0.2) is 0 Å². The normalized spacial score (nSPS) is 17.5. The molecule has 0 aliphatic carbocycles. The van der Waals surface area contributed by atoms with Crippen molar-refractivity contribution < 1.29 is 32.3 Å². The SMILES string of the molecule is CC(C)N1C(=O)c2ccc(C(=O)N3CCC(CNC(=O)C(F)(F)F)CC3)cc2C1=O. The highest BCUT2D eigenvalue weighted by molar-refractivity contribution is 6.22. The van der Waals surface area contributed by atoms with E-state index in [0.29, 0.717) is 25.9 Å². The van der Waals surface area contributed by atoms with Crippen LogP contribution in [0.4, 0.5) is 13.2 Å². The van der Waals surface area contributed by atoms with Crippen LogP contribution in [0.15, 0.2) is 18.2 Å². The predicted molar refractivity (Wildman–Crippen MR) is 99.8 cm³/mol. The molecule has 0 spiro atoms. The fourth-order valence-corrected chi connectivity index (χ4v) is 3.72. The van der Waals surface area contributed by atoms with E-state index in [1.165, 1.54) is 18.2 Å². The van der Waals surface area contributed by atoms with Crippen molar-refractivity contribution >= 4 is 23.6 Å². The highest BCUT2D eigenvalue weighted by atomic mass is 19.4. The molecule has 4 amide bonds. The largest absolute Gasteiger partial charge is 0.471 e. The van der Waals surface area contributed by atoms with Crippen LogP contribution in [0, 0.1) is 5.92 Å². The highest BCUT2D eigenvalue weighted by Crippen LogP contribution is 2.27. The summed E-state index contributed by atoms with van der Waals surface area (Å²) in [5, 5.41) is 1.88. The summed E-state index contributed by atoms with van der Waals surface area (Å²) in [5.41, 5.74) is 0.748. The second-order valence-corrected chi connectivity index (χ2v) is 7.78. The van der Waals surface area contributed by atoms with E-state index >= 15 is 0 Å². The number of rotatable bonds is 4. The fourth-order valence-electron chi connectivity index (χ4n) is 3.72. The van der Waals surface area contributed by atoms with Gasteiger partial charge >= 0.3 is 12.1 Å². The van der Waals surface area contributed by atoms with Crippen molar-refractivity contribution in [2.45, 2.75) is 38.9 Å². The summed E-state index contributed by atoms with van der Waals surface area (Å²) in [6, 6.07) is 4.11. The summed E-state index contributed by atoms with van der Waals surface area (Å²) in [4.78, 5) is 51.3. The first-order valence-corrected chi connectivity index (χ1v) is 9.67. The van der Waals surface area contributed by atoms with Gasteiger partial charge in [-0.2, -0.15) is 13.2 Å². The zero-order valence-corrected chi connectivity index (χ0v) is 16.6. The third-order valence-electron chi connectivity index (χ3n) is 5.39. The first-order valence-electron chi connectivity index (χ1n) is 9.67. The number of likely N-dealkylation sites (tertiary alicyclic amines) is 1. The highest BCUT2D eigenvalue weighted by Gasteiger charge is 2.39. The lowest BCUT2D eigenvalue weighted by atomic mass is 9.96. The molecule has 0 radical (unpaired) electrons. The number of nitrogens with one attached hydrogen (secondary N) is 1. The van der Waals surface area contributed by atoms with E-state index in [9.17, 15) is 32.3 Å². The number of hydrogen-bond acceptors (Lipinski definition) is 4. The molecular formula is C20H22F3N3O4. The van der Waals surface area contributed by atoms with Crippen LogP contribution in [0.2, 0.25) is 0 Å². The Morgan fingerprint density at radius 1 is 1.10 bits per heavy atom. The minimum Gasteiger partial charge on any atom is -0.348 e. The maximum absolute atomic E-state index is 12.8. The van der Waals surface area contributed by atoms with Gasteiger partial charge in [0.25, 0.3) is 17.7 Å². The summed E-state index contributed by atoms with van der Waals surface area (Å²) >= 11 is 0. The smallest absolute Gasteiger partial charge is 0.348 e. The van der Waals surface area contributed by atoms with Crippen molar-refractivity contribution in [3.63, 3.8) is 0 Å². The Morgan fingerprint density at radius 2 is 1.70 bits per heavy atom. The van der Waals surface area contributed by atoms with Gasteiger partial charge in [-0.25, -0.2) is 0 Å². The summed E-state index contributed by atoms with van der Waals surface area (Å²) < 4.78 is 36.8. The molecule has 7 nitrogen and oxygen atoms in total. The molecule has 0 unspecified atom stereocenters. The molecule has 0 atom stereocenters. The van der Waals surface area contributed by atoms with E-state index in [-0.39, 0.29) is 47.0 Å². The van der Waals surface area contributed by atoms with Crippen molar-refractivity contribution in [3.8, 4) is 0 Å². The topological polar surface area (TPSA) is 86.8 Å². The zero-order valence-electron chi connectivity index (χ0n) is 16.6. The van der Waals surface area contributed by atoms with Gasteiger partial charge in [-0.15, -0.1) is 0 Å². The maximum atomic E-state index is 12.8. The number of alkyl halides is 3. The average Bonchev–Trinajstić information content (AvgIpc) is 2.95. The Labute approximate surface area is 171 Å². The van der Waals surface area contributed by atoms with Gasteiger partial charge in [0.1, 0.15) is 0 Å². The lowest BCUT2D eigenvalue weighted by Gasteiger charge is -2.32. The number of amides is 4. The Morgan fingerprint density at radius 3 is 2.27 bits per heavy atom. The lowest BCUT2D eigenvalue weighted by Crippen LogP contribution is -2.44. The Kier molecular flexibility index (Phi) is 5.87. The quantitative estimate of drug-likeness (QED) is 0.750. The van der Waals surface area contributed by atoms with Crippen molar-refractivity contribution in [3.05, 3.63) is 34.9 Å². The molecule has 1 aromatic rings. The van der Waals surface area contributed by atoms with Crippen molar-refractivity contribution in [1.82, 2.24) is 15.1 Å². The molecule has 10 heteroatoms. The van der Waals surface area contributed by atoms with Crippen LogP contribution in [0.5, 0.6) is 0 Å². The second kappa shape index (κ2) is 8.08. The maximum Gasteiger partial charge on any atom is 0.471 e. The molecule has 30 heavy (non-hydrogen) atoms. The monoisotopic (exact) mass is 425 g/mol. The number of hydrogen-bond donors (Lipinski definition) is 1. The zero-order chi connectivity index (χ0) is 22.2. The molecule has 0 bridgehead atoms. The summed E-state index contributed by atoms with van der Waals surface area (Å²) in [6.45, 7) is 4.02. The lowest BCUT2D eigenvalue weighted by molar-refractivity contribution is -0.173. The second-order valence-electron chi connectivity index (χ2n) is 7.78. The van der Waals surface area contributed by atoms with Gasteiger partial charge in [-0.3, -0.25) is 24.1 Å². The predicted octanol–water partition coefficient (Wildman–Crippen LogP) is 2.22. The third-order valence-corrected chi connectivity index (χ3v) is 5.39. The molecule has 162 valence electrons. The average molecular weight is 425 g/mol. The van der Waals surface area contributed by atoms with E-state index in [0.717, 1.165) is 4.90 Å². The molecule has 2 aliphatic rings. The van der Waals surface area contributed by atoms with Crippen LogP contribution >= 0.6 is 0 Å². The van der Waals surface area contributed by atoms with E-state index in [4.69, 9.17) is 0 Å². The number of nitrogens with zero attached hydrogens (tertiary/aromatic N) is 2. The number of fused-ring (bicyclic) bond motifs is 1. The molecule has 0 saturated carbocycles. The van der Waals surface area contributed by atoms with Crippen LogP contribution in [-0.4, -0.2) is 65.3 Å². The van der Waals surface area contributed by atoms with Gasteiger partial charge < -0.3 is 10.2 Å². The number of piperidine rings is 1. The molecule has 1 saturated heterocycles. The number of carbonyl (C=O) groups is 4. The molecular weight excluding hydrogens is 403 g/mol. The van der Waals surface area contributed by atoms with Gasteiger partial charge in [-0.05, 0) is 50.8 Å². The summed E-state index contributed by atoms with van der Waals surface area (Å²) in [6.07, 6.45) is -4.01. The first kappa shape index (κ1) is 21.8. The van der Waals surface area contributed by atoms with Crippen LogP contribution in [0.1, 0.15) is 57.8 Å². The molecule has 3 rings (SSSR count). The number of imide groups is 1. The van der Waals surface area contributed by atoms with Crippen LogP contribution < -0.4 is 5.32 Å². The Balaban J connectivity index is 1.61. The molecule has 0 aromatic heterocycles. The minimum atomic E-state index is -4.91. The minimum absolute atomic E-state index is 0.0964. The first-order chi connectivity index (χ1) is 14.0. The van der Waals surface area contributed by atoms with Gasteiger partial charge in [0, 0.05) is 31.2 Å². The van der Waals surface area contributed by atoms with Crippen molar-refractivity contribution in [1.29, 1.82) is 0 Å². The summed E-state index contributed by atoms with van der Waals surface area (Å²) in [7, 11) is 0. The van der Waals surface area contributed by atoms with Crippen molar-refractivity contribution in [2.75, 3.05) is 19.6 Å². The van der Waals surface area contributed by atoms with E-state index in [2.05, 4.69) is 0 Å². The van der Waals surface area contributed by atoms with E-state index in [1.54, 1.807) is 18.7 Å². The van der Waals surface area contributed by atoms with Crippen LogP contribution in [0.25, 0.3) is 0 Å². The van der Waals surface area contributed by atoms with Gasteiger partial charge in [0.05, 0.1) is 11.1 Å². The fraction of sp³-hybridized carbons (Fsp3) is 0.500. The molecule has 1 aromatic carbocycles. The van der Waals surface area contributed by atoms with E-state index in [1.807, 2.05) is 5.32 Å². The molecule has 2 heterocycles. The van der Waals surface area contributed by atoms with Gasteiger partial charge in [0.2, 0.25) is 0 Å². The van der Waals surface area contributed by atoms with E-state index < -0.39 is 18.0 Å². The Hall–Kier alpha value is -2.91. The molecule has 2 aliphatic heterocycles.